The van der Waals surface area contributed by atoms with Gasteiger partial charge in [-0.3, -0.25) is 0 Å². The Labute approximate surface area is 81.1 Å². The van der Waals surface area contributed by atoms with E-state index in [2.05, 4.69) is 15.5 Å². The Morgan fingerprint density at radius 1 is 1.69 bits per heavy atom. The summed E-state index contributed by atoms with van der Waals surface area (Å²) < 4.78 is 0. The standard InChI is InChI=1S/C9H12N2OS/c12-10-5-9-11-8(6-13-9)4-7-2-1-3-7/h5-7,12H,1-4H2/b10-5+. The molecule has 2 rings (SSSR count). The molecule has 1 aromatic rings. The molecule has 1 aliphatic rings. The number of aromatic nitrogens is 1. The fraction of sp³-hybridized carbons (Fsp3) is 0.556. The first-order chi connectivity index (χ1) is 6.38. The largest absolute Gasteiger partial charge is 0.411 e. The highest BCUT2D eigenvalue weighted by Gasteiger charge is 2.18. The van der Waals surface area contributed by atoms with Gasteiger partial charge in [0.25, 0.3) is 0 Å². The Morgan fingerprint density at radius 2 is 2.54 bits per heavy atom. The highest BCUT2D eigenvalue weighted by atomic mass is 32.1. The van der Waals surface area contributed by atoms with Crippen molar-refractivity contribution >= 4 is 17.6 Å². The van der Waals surface area contributed by atoms with E-state index in [-0.39, 0.29) is 0 Å². The van der Waals surface area contributed by atoms with Crippen LogP contribution in [-0.2, 0) is 6.42 Å². The monoisotopic (exact) mass is 196 g/mol. The lowest BCUT2D eigenvalue weighted by Crippen LogP contribution is -2.13. The molecule has 0 amide bonds. The Balaban J connectivity index is 1.96. The van der Waals surface area contributed by atoms with Gasteiger partial charge in [0.2, 0.25) is 0 Å². The Morgan fingerprint density at radius 3 is 3.15 bits per heavy atom. The minimum absolute atomic E-state index is 0.789. The number of rotatable bonds is 3. The van der Waals surface area contributed by atoms with Crippen molar-refractivity contribution in [2.45, 2.75) is 25.7 Å². The smallest absolute Gasteiger partial charge is 0.138 e. The van der Waals surface area contributed by atoms with Crippen molar-refractivity contribution in [1.82, 2.24) is 4.98 Å². The zero-order valence-corrected chi connectivity index (χ0v) is 8.13. The maximum absolute atomic E-state index is 8.30. The van der Waals surface area contributed by atoms with Crippen LogP contribution in [0.2, 0.25) is 0 Å². The molecule has 1 aliphatic carbocycles. The third kappa shape index (κ3) is 2.06. The number of oxime groups is 1. The topological polar surface area (TPSA) is 45.5 Å². The van der Waals surface area contributed by atoms with Gasteiger partial charge >= 0.3 is 0 Å². The number of nitrogens with zero attached hydrogens (tertiary/aromatic N) is 2. The van der Waals surface area contributed by atoms with Crippen LogP contribution in [0.25, 0.3) is 0 Å². The molecule has 0 bridgehead atoms. The quantitative estimate of drug-likeness (QED) is 0.458. The van der Waals surface area contributed by atoms with E-state index in [9.17, 15) is 0 Å². The van der Waals surface area contributed by atoms with Crippen molar-refractivity contribution in [1.29, 1.82) is 0 Å². The molecular formula is C9H12N2OS. The summed E-state index contributed by atoms with van der Waals surface area (Å²) in [6, 6.07) is 0. The molecule has 0 radical (unpaired) electrons. The minimum atomic E-state index is 0.789. The van der Waals surface area contributed by atoms with Crippen molar-refractivity contribution in [3.05, 3.63) is 16.1 Å². The SMILES string of the molecule is O/N=C/c1nc(CC2CCC2)cs1. The summed E-state index contributed by atoms with van der Waals surface area (Å²) in [5, 5.41) is 14.1. The summed E-state index contributed by atoms with van der Waals surface area (Å²) in [6.45, 7) is 0. The van der Waals surface area contributed by atoms with Gasteiger partial charge in [-0.25, -0.2) is 4.98 Å². The van der Waals surface area contributed by atoms with Gasteiger partial charge in [0, 0.05) is 5.38 Å². The first-order valence-corrected chi connectivity index (χ1v) is 5.38. The van der Waals surface area contributed by atoms with Crippen LogP contribution in [0, 0.1) is 5.92 Å². The van der Waals surface area contributed by atoms with Gasteiger partial charge in [0.05, 0.1) is 5.69 Å². The highest BCUT2D eigenvalue weighted by Crippen LogP contribution is 2.29. The summed E-state index contributed by atoms with van der Waals surface area (Å²) in [5.41, 5.74) is 1.14. The van der Waals surface area contributed by atoms with Gasteiger partial charge in [-0.05, 0) is 12.3 Å². The fourth-order valence-electron chi connectivity index (χ4n) is 1.52. The van der Waals surface area contributed by atoms with E-state index in [0.717, 1.165) is 23.0 Å². The molecule has 0 atom stereocenters. The molecule has 1 heterocycles. The van der Waals surface area contributed by atoms with E-state index in [1.165, 1.54) is 36.8 Å². The molecule has 1 aromatic heterocycles. The molecule has 0 aromatic carbocycles. The van der Waals surface area contributed by atoms with Gasteiger partial charge in [-0.1, -0.05) is 24.4 Å². The van der Waals surface area contributed by atoms with Gasteiger partial charge < -0.3 is 5.21 Å². The lowest BCUT2D eigenvalue weighted by Gasteiger charge is -2.24. The first kappa shape index (κ1) is 8.69. The van der Waals surface area contributed by atoms with Gasteiger partial charge in [-0.2, -0.15) is 0 Å². The molecule has 1 N–H and O–H groups in total. The Hall–Kier alpha value is -0.900. The van der Waals surface area contributed by atoms with Crippen LogP contribution in [-0.4, -0.2) is 16.4 Å². The molecule has 13 heavy (non-hydrogen) atoms. The second kappa shape index (κ2) is 3.87. The van der Waals surface area contributed by atoms with Gasteiger partial charge in [0.1, 0.15) is 11.2 Å². The Kier molecular flexibility index (Phi) is 2.59. The van der Waals surface area contributed by atoms with E-state index in [1.807, 2.05) is 0 Å². The van der Waals surface area contributed by atoms with Crippen molar-refractivity contribution in [3.63, 3.8) is 0 Å². The summed E-state index contributed by atoms with van der Waals surface area (Å²) in [4.78, 5) is 4.33. The summed E-state index contributed by atoms with van der Waals surface area (Å²) in [7, 11) is 0. The van der Waals surface area contributed by atoms with E-state index < -0.39 is 0 Å². The van der Waals surface area contributed by atoms with Gasteiger partial charge in [0.15, 0.2) is 0 Å². The van der Waals surface area contributed by atoms with Crippen molar-refractivity contribution in [2.75, 3.05) is 0 Å². The minimum Gasteiger partial charge on any atom is -0.411 e. The van der Waals surface area contributed by atoms with Crippen LogP contribution in [0.5, 0.6) is 0 Å². The molecule has 1 fully saturated rings. The van der Waals surface area contributed by atoms with E-state index in [1.54, 1.807) is 0 Å². The van der Waals surface area contributed by atoms with Crippen LogP contribution in [0.15, 0.2) is 10.5 Å². The third-order valence-electron chi connectivity index (χ3n) is 2.46. The van der Waals surface area contributed by atoms with Crippen LogP contribution in [0.3, 0.4) is 0 Å². The third-order valence-corrected chi connectivity index (χ3v) is 3.29. The molecule has 0 saturated heterocycles. The lowest BCUT2D eigenvalue weighted by molar-refractivity contribution is 0.312. The maximum Gasteiger partial charge on any atom is 0.138 e. The molecular weight excluding hydrogens is 184 g/mol. The molecule has 0 spiro atoms. The zero-order valence-electron chi connectivity index (χ0n) is 7.31. The first-order valence-electron chi connectivity index (χ1n) is 4.50. The second-order valence-corrected chi connectivity index (χ2v) is 4.31. The number of thiazole rings is 1. The van der Waals surface area contributed by atoms with Gasteiger partial charge in [-0.15, -0.1) is 11.3 Å². The molecule has 0 unspecified atom stereocenters. The van der Waals surface area contributed by atoms with E-state index in [4.69, 9.17) is 5.21 Å². The van der Waals surface area contributed by atoms with Crippen LogP contribution in [0.4, 0.5) is 0 Å². The predicted octanol–water partition coefficient (Wildman–Crippen LogP) is 2.29. The maximum atomic E-state index is 8.30. The average Bonchev–Trinajstić information content (AvgIpc) is 2.46. The van der Waals surface area contributed by atoms with Crippen molar-refractivity contribution in [2.24, 2.45) is 11.1 Å². The molecule has 4 heteroatoms. The highest BCUT2D eigenvalue weighted by molar-refractivity contribution is 7.11. The zero-order chi connectivity index (χ0) is 9.10. The van der Waals surface area contributed by atoms with Crippen LogP contribution >= 0.6 is 11.3 Å². The predicted molar refractivity (Wildman–Crippen MR) is 52.5 cm³/mol. The average molecular weight is 196 g/mol. The fourth-order valence-corrected chi connectivity index (χ4v) is 2.20. The van der Waals surface area contributed by atoms with E-state index in [0.29, 0.717) is 0 Å². The summed E-state index contributed by atoms with van der Waals surface area (Å²) >= 11 is 1.53. The molecule has 3 nitrogen and oxygen atoms in total. The lowest BCUT2D eigenvalue weighted by atomic mass is 9.82. The Bertz CT molecular complexity index is 304. The molecule has 1 saturated carbocycles. The van der Waals surface area contributed by atoms with Crippen LogP contribution in [0.1, 0.15) is 30.0 Å². The molecule has 0 aliphatic heterocycles. The second-order valence-electron chi connectivity index (χ2n) is 3.42. The normalized spacial score (nSPS) is 17.8. The molecule has 70 valence electrons. The summed E-state index contributed by atoms with van der Waals surface area (Å²) in [6.07, 6.45) is 6.55. The van der Waals surface area contributed by atoms with Crippen molar-refractivity contribution in [3.8, 4) is 0 Å². The number of hydrogen-bond acceptors (Lipinski definition) is 4. The number of hydrogen-bond donors (Lipinski definition) is 1. The van der Waals surface area contributed by atoms with Crippen molar-refractivity contribution < 1.29 is 5.21 Å². The van der Waals surface area contributed by atoms with E-state index >= 15 is 0 Å². The summed E-state index contributed by atoms with van der Waals surface area (Å²) in [5.74, 6) is 0.848. The van der Waals surface area contributed by atoms with Crippen LogP contribution < -0.4 is 0 Å².